The highest BCUT2D eigenvalue weighted by molar-refractivity contribution is 7.99. The van der Waals surface area contributed by atoms with Crippen molar-refractivity contribution in [3.63, 3.8) is 0 Å². The highest BCUT2D eigenvalue weighted by Crippen LogP contribution is 2.38. The molecule has 4 heteroatoms. The summed E-state index contributed by atoms with van der Waals surface area (Å²) < 4.78 is 0. The minimum absolute atomic E-state index is 0.186. The lowest BCUT2D eigenvalue weighted by molar-refractivity contribution is -0.138. The number of piperazine rings is 1. The molecule has 3 aliphatic heterocycles. The number of nitrogens with one attached hydrogen (secondary N) is 1. The van der Waals surface area contributed by atoms with E-state index < -0.39 is 0 Å². The van der Waals surface area contributed by atoms with Gasteiger partial charge in [-0.25, -0.2) is 0 Å². The van der Waals surface area contributed by atoms with Gasteiger partial charge in [0.25, 0.3) is 0 Å². The molecule has 0 saturated carbocycles. The van der Waals surface area contributed by atoms with Crippen molar-refractivity contribution in [2.45, 2.75) is 43.7 Å². The van der Waals surface area contributed by atoms with Gasteiger partial charge in [-0.3, -0.25) is 9.69 Å². The molecule has 0 bridgehead atoms. The molecule has 3 aliphatic rings. The third kappa shape index (κ3) is 1.66. The molecule has 0 radical (unpaired) electrons. The summed E-state index contributed by atoms with van der Waals surface area (Å²) in [6, 6.07) is 0.186. The topological polar surface area (TPSA) is 32.3 Å². The third-order valence-electron chi connectivity index (χ3n) is 4.43. The Kier molecular flexibility index (Phi) is 2.88. The van der Waals surface area contributed by atoms with Crippen molar-refractivity contribution in [3.05, 3.63) is 0 Å². The van der Waals surface area contributed by atoms with Crippen LogP contribution in [-0.2, 0) is 4.79 Å². The van der Waals surface area contributed by atoms with Crippen molar-refractivity contribution in [3.8, 4) is 0 Å². The molecule has 1 unspecified atom stereocenters. The Labute approximate surface area is 101 Å². The zero-order chi connectivity index (χ0) is 11.0. The SMILES string of the molecule is O=C1NCC2(CCSCC2)N2CCCCC12. The van der Waals surface area contributed by atoms with Crippen molar-refractivity contribution in [1.82, 2.24) is 10.2 Å². The number of hydrogen-bond donors (Lipinski definition) is 1. The number of carbonyl (C=O) groups is 1. The van der Waals surface area contributed by atoms with Gasteiger partial charge in [0, 0.05) is 12.1 Å². The summed E-state index contributed by atoms with van der Waals surface area (Å²) in [6.45, 7) is 2.03. The van der Waals surface area contributed by atoms with Crippen LogP contribution in [0.3, 0.4) is 0 Å². The van der Waals surface area contributed by atoms with Crippen LogP contribution in [0.15, 0.2) is 0 Å². The average Bonchev–Trinajstić information content (AvgIpc) is 2.36. The quantitative estimate of drug-likeness (QED) is 0.691. The van der Waals surface area contributed by atoms with Gasteiger partial charge < -0.3 is 5.32 Å². The van der Waals surface area contributed by atoms with E-state index in [2.05, 4.69) is 22.0 Å². The van der Waals surface area contributed by atoms with Gasteiger partial charge in [-0.1, -0.05) is 6.42 Å². The molecular formula is C12H20N2OS. The van der Waals surface area contributed by atoms with Crippen LogP contribution in [0.1, 0.15) is 32.1 Å². The maximum Gasteiger partial charge on any atom is 0.237 e. The molecule has 3 fully saturated rings. The molecule has 0 aromatic heterocycles. The summed E-state index contributed by atoms with van der Waals surface area (Å²) >= 11 is 2.06. The smallest absolute Gasteiger partial charge is 0.237 e. The molecule has 90 valence electrons. The number of nitrogens with zero attached hydrogens (tertiary/aromatic N) is 1. The zero-order valence-corrected chi connectivity index (χ0v) is 10.5. The highest BCUT2D eigenvalue weighted by Gasteiger charge is 2.47. The fourth-order valence-electron chi connectivity index (χ4n) is 3.46. The summed E-state index contributed by atoms with van der Waals surface area (Å²) in [5.41, 5.74) is 0.310. The first kappa shape index (κ1) is 10.9. The van der Waals surface area contributed by atoms with Gasteiger partial charge in [0.2, 0.25) is 5.91 Å². The predicted octanol–water partition coefficient (Wildman–Crippen LogP) is 1.24. The van der Waals surface area contributed by atoms with E-state index in [0.29, 0.717) is 5.54 Å². The Hall–Kier alpha value is -0.220. The van der Waals surface area contributed by atoms with E-state index in [1.54, 1.807) is 0 Å². The monoisotopic (exact) mass is 240 g/mol. The van der Waals surface area contributed by atoms with E-state index in [4.69, 9.17) is 0 Å². The molecule has 3 heterocycles. The fourth-order valence-corrected chi connectivity index (χ4v) is 4.71. The molecule has 1 N–H and O–H groups in total. The molecule has 0 aromatic rings. The second-order valence-corrected chi connectivity index (χ2v) is 6.48. The van der Waals surface area contributed by atoms with Crippen LogP contribution in [0.4, 0.5) is 0 Å². The number of fused-ring (bicyclic) bond motifs is 2. The van der Waals surface area contributed by atoms with Crippen molar-refractivity contribution < 1.29 is 4.79 Å². The maximum atomic E-state index is 11.9. The van der Waals surface area contributed by atoms with E-state index in [-0.39, 0.29) is 11.9 Å². The van der Waals surface area contributed by atoms with Gasteiger partial charge in [-0.05, 0) is 43.7 Å². The van der Waals surface area contributed by atoms with Gasteiger partial charge in [0.05, 0.1) is 6.04 Å². The van der Waals surface area contributed by atoms with E-state index >= 15 is 0 Å². The number of rotatable bonds is 0. The molecule has 3 saturated heterocycles. The molecular weight excluding hydrogens is 220 g/mol. The number of amides is 1. The summed E-state index contributed by atoms with van der Waals surface area (Å²) in [7, 11) is 0. The van der Waals surface area contributed by atoms with Crippen LogP contribution in [0, 0.1) is 0 Å². The average molecular weight is 240 g/mol. The largest absolute Gasteiger partial charge is 0.353 e. The Morgan fingerprint density at radius 3 is 2.94 bits per heavy atom. The number of piperidine rings is 1. The van der Waals surface area contributed by atoms with Crippen LogP contribution in [0.25, 0.3) is 0 Å². The summed E-state index contributed by atoms with van der Waals surface area (Å²) in [5.74, 6) is 2.81. The van der Waals surface area contributed by atoms with Gasteiger partial charge in [0.15, 0.2) is 0 Å². The van der Waals surface area contributed by atoms with E-state index in [0.717, 1.165) is 19.5 Å². The Balaban J connectivity index is 1.85. The van der Waals surface area contributed by atoms with Crippen molar-refractivity contribution in [1.29, 1.82) is 0 Å². The Bertz CT molecular complexity index is 289. The van der Waals surface area contributed by atoms with E-state index in [1.807, 2.05) is 0 Å². The summed E-state index contributed by atoms with van der Waals surface area (Å²) in [5, 5.41) is 3.15. The van der Waals surface area contributed by atoms with E-state index in [1.165, 1.54) is 37.2 Å². The van der Waals surface area contributed by atoms with Crippen LogP contribution in [0.5, 0.6) is 0 Å². The molecule has 0 aliphatic carbocycles. The van der Waals surface area contributed by atoms with Crippen LogP contribution in [-0.4, -0.2) is 47.0 Å². The van der Waals surface area contributed by atoms with Crippen molar-refractivity contribution >= 4 is 17.7 Å². The molecule has 0 aromatic carbocycles. The van der Waals surface area contributed by atoms with Crippen LogP contribution >= 0.6 is 11.8 Å². The highest BCUT2D eigenvalue weighted by atomic mass is 32.2. The van der Waals surface area contributed by atoms with Gasteiger partial charge >= 0.3 is 0 Å². The first-order valence-corrected chi connectivity index (χ1v) is 7.60. The summed E-state index contributed by atoms with van der Waals surface area (Å²) in [6.07, 6.45) is 6.09. The number of carbonyl (C=O) groups excluding carboxylic acids is 1. The third-order valence-corrected chi connectivity index (χ3v) is 5.42. The van der Waals surface area contributed by atoms with Crippen LogP contribution < -0.4 is 5.32 Å². The normalized spacial score (nSPS) is 34.5. The van der Waals surface area contributed by atoms with E-state index in [9.17, 15) is 4.79 Å². The summed E-state index contributed by atoms with van der Waals surface area (Å²) in [4.78, 5) is 14.4. The lowest BCUT2D eigenvalue weighted by Gasteiger charge is -2.54. The first-order valence-electron chi connectivity index (χ1n) is 6.44. The first-order chi connectivity index (χ1) is 7.82. The second kappa shape index (κ2) is 4.22. The molecule has 3 rings (SSSR count). The molecule has 1 spiro atoms. The second-order valence-electron chi connectivity index (χ2n) is 5.26. The minimum atomic E-state index is 0.186. The number of thioether (sulfide) groups is 1. The van der Waals surface area contributed by atoms with Crippen LogP contribution in [0.2, 0.25) is 0 Å². The molecule has 1 amide bonds. The lowest BCUT2D eigenvalue weighted by Crippen LogP contribution is -2.69. The number of hydrogen-bond acceptors (Lipinski definition) is 3. The molecule has 3 nitrogen and oxygen atoms in total. The standard InChI is InChI=1S/C12H20N2OS/c15-11-10-3-1-2-6-14(10)12(9-13-11)4-7-16-8-5-12/h10H,1-9H2,(H,13,15). The van der Waals surface area contributed by atoms with Gasteiger partial charge in [0.1, 0.15) is 0 Å². The Morgan fingerprint density at radius 2 is 2.12 bits per heavy atom. The molecule has 1 atom stereocenters. The van der Waals surface area contributed by atoms with Gasteiger partial charge in [-0.15, -0.1) is 0 Å². The predicted molar refractivity (Wildman–Crippen MR) is 66.6 cm³/mol. The minimum Gasteiger partial charge on any atom is -0.353 e. The van der Waals surface area contributed by atoms with Gasteiger partial charge in [-0.2, -0.15) is 11.8 Å². The Morgan fingerprint density at radius 1 is 1.31 bits per heavy atom. The van der Waals surface area contributed by atoms with Crippen molar-refractivity contribution in [2.24, 2.45) is 0 Å². The molecule has 16 heavy (non-hydrogen) atoms. The zero-order valence-electron chi connectivity index (χ0n) is 9.71. The lowest BCUT2D eigenvalue weighted by atomic mass is 9.82. The fraction of sp³-hybridized carbons (Fsp3) is 0.917. The van der Waals surface area contributed by atoms with Crippen molar-refractivity contribution in [2.75, 3.05) is 24.6 Å². The maximum absolute atomic E-state index is 11.9.